The van der Waals surface area contributed by atoms with Crippen molar-refractivity contribution >= 4 is 5.91 Å². The predicted octanol–water partition coefficient (Wildman–Crippen LogP) is 4.86. The van der Waals surface area contributed by atoms with Crippen molar-refractivity contribution in [3.8, 4) is 0 Å². The average Bonchev–Trinajstić information content (AvgIpc) is 3.22. The van der Waals surface area contributed by atoms with Crippen molar-refractivity contribution in [3.63, 3.8) is 0 Å². The lowest BCUT2D eigenvalue weighted by Gasteiger charge is -2.25. The van der Waals surface area contributed by atoms with Gasteiger partial charge in [0.25, 0.3) is 0 Å². The highest BCUT2D eigenvalue weighted by Crippen LogP contribution is 2.31. The van der Waals surface area contributed by atoms with E-state index in [4.69, 9.17) is 4.98 Å². The highest BCUT2D eigenvalue weighted by molar-refractivity contribution is 5.79. The molecular weight excluding hydrogens is 370 g/mol. The van der Waals surface area contributed by atoms with Gasteiger partial charge in [-0.25, -0.2) is 8.78 Å². The normalized spacial score (nSPS) is 16.2. The minimum atomic E-state index is -0.309. The molecule has 3 aromatic rings. The van der Waals surface area contributed by atoms with Gasteiger partial charge < -0.3 is 4.90 Å². The van der Waals surface area contributed by atoms with E-state index in [1.165, 1.54) is 18.2 Å². The molecule has 1 fully saturated rings. The number of hydrogen-bond acceptors (Lipinski definition) is 2. The summed E-state index contributed by atoms with van der Waals surface area (Å²) in [5, 5.41) is 0. The molecule has 1 aromatic heterocycles. The lowest BCUT2D eigenvalue weighted by atomic mass is 10.1. The smallest absolute Gasteiger partial charge is 0.227 e. The van der Waals surface area contributed by atoms with E-state index in [1.54, 1.807) is 24.3 Å². The molecule has 0 radical (unpaired) electrons. The third-order valence-electron chi connectivity index (χ3n) is 5.34. The Balaban J connectivity index is 1.50. The standard InChI is InChI=1S/C24H22F2N2O/c25-19-12-10-17(11-13-19)15-24(29)28-14-4-9-23(28)22-8-3-6-20(27-22)16-18-5-1-2-7-21(18)26/h1-3,5-8,10-13,23H,4,9,14-16H2. The summed E-state index contributed by atoms with van der Waals surface area (Å²) in [4.78, 5) is 19.5. The number of carbonyl (C=O) groups excluding carboxylic acids is 1. The van der Waals surface area contributed by atoms with Gasteiger partial charge in [0.1, 0.15) is 11.6 Å². The van der Waals surface area contributed by atoms with Crippen molar-refractivity contribution in [1.29, 1.82) is 0 Å². The van der Waals surface area contributed by atoms with E-state index >= 15 is 0 Å². The zero-order chi connectivity index (χ0) is 20.2. The predicted molar refractivity (Wildman–Crippen MR) is 107 cm³/mol. The number of aromatic nitrogens is 1. The summed E-state index contributed by atoms with van der Waals surface area (Å²) in [5.41, 5.74) is 3.02. The van der Waals surface area contributed by atoms with E-state index in [0.717, 1.165) is 29.8 Å². The number of amides is 1. The molecule has 0 N–H and O–H groups in total. The molecule has 1 aliphatic heterocycles. The molecule has 1 atom stereocenters. The van der Waals surface area contributed by atoms with Gasteiger partial charge in [-0.3, -0.25) is 9.78 Å². The lowest BCUT2D eigenvalue weighted by molar-refractivity contribution is -0.131. The van der Waals surface area contributed by atoms with E-state index in [9.17, 15) is 13.6 Å². The largest absolute Gasteiger partial charge is 0.334 e. The SMILES string of the molecule is O=C(Cc1ccc(F)cc1)N1CCCC1c1cccc(Cc2ccccc2F)n1. The molecule has 4 rings (SSSR count). The number of benzene rings is 2. The molecule has 3 nitrogen and oxygen atoms in total. The number of likely N-dealkylation sites (tertiary alicyclic amines) is 1. The second-order valence-electron chi connectivity index (χ2n) is 7.37. The Morgan fingerprint density at radius 2 is 1.79 bits per heavy atom. The van der Waals surface area contributed by atoms with Gasteiger partial charge in [0, 0.05) is 18.7 Å². The summed E-state index contributed by atoms with van der Waals surface area (Å²) in [6.45, 7) is 0.684. The van der Waals surface area contributed by atoms with Crippen LogP contribution in [0.4, 0.5) is 8.78 Å². The maximum absolute atomic E-state index is 14.0. The van der Waals surface area contributed by atoms with E-state index in [-0.39, 0.29) is 30.0 Å². The van der Waals surface area contributed by atoms with Gasteiger partial charge in [0.2, 0.25) is 5.91 Å². The van der Waals surface area contributed by atoms with Crippen molar-refractivity contribution in [2.75, 3.05) is 6.54 Å². The molecule has 0 saturated carbocycles. The number of halogens is 2. The Bertz CT molecular complexity index is 1000. The van der Waals surface area contributed by atoms with Gasteiger partial charge in [0.15, 0.2) is 0 Å². The monoisotopic (exact) mass is 392 g/mol. The van der Waals surface area contributed by atoms with Crippen molar-refractivity contribution in [3.05, 3.63) is 101 Å². The van der Waals surface area contributed by atoms with Crippen LogP contribution in [0.1, 0.15) is 41.4 Å². The quantitative estimate of drug-likeness (QED) is 0.621. The van der Waals surface area contributed by atoms with Crippen LogP contribution in [-0.4, -0.2) is 22.3 Å². The van der Waals surface area contributed by atoms with Crippen LogP contribution in [0.25, 0.3) is 0 Å². The van der Waals surface area contributed by atoms with E-state index in [1.807, 2.05) is 29.2 Å². The molecule has 1 saturated heterocycles. The molecule has 148 valence electrons. The highest BCUT2D eigenvalue weighted by Gasteiger charge is 2.30. The first-order valence-corrected chi connectivity index (χ1v) is 9.83. The number of carbonyl (C=O) groups is 1. The summed E-state index contributed by atoms with van der Waals surface area (Å²) in [6.07, 6.45) is 2.42. The zero-order valence-electron chi connectivity index (χ0n) is 16.0. The van der Waals surface area contributed by atoms with E-state index < -0.39 is 0 Å². The Hall–Kier alpha value is -3.08. The van der Waals surface area contributed by atoms with Crippen molar-refractivity contribution in [1.82, 2.24) is 9.88 Å². The average molecular weight is 392 g/mol. The topological polar surface area (TPSA) is 33.2 Å². The first-order valence-electron chi connectivity index (χ1n) is 9.83. The van der Waals surface area contributed by atoms with Crippen LogP contribution in [0, 0.1) is 11.6 Å². The van der Waals surface area contributed by atoms with Crippen LogP contribution in [0.15, 0.2) is 66.7 Å². The molecule has 0 spiro atoms. The Morgan fingerprint density at radius 3 is 2.59 bits per heavy atom. The number of hydrogen-bond donors (Lipinski definition) is 0. The fourth-order valence-electron chi connectivity index (χ4n) is 3.87. The molecule has 2 heterocycles. The van der Waals surface area contributed by atoms with Gasteiger partial charge in [-0.15, -0.1) is 0 Å². The summed E-state index contributed by atoms with van der Waals surface area (Å²) in [5.74, 6) is -0.534. The van der Waals surface area contributed by atoms with Crippen LogP contribution < -0.4 is 0 Å². The Kier molecular flexibility index (Phi) is 5.65. The first kappa shape index (κ1) is 19.2. The fourth-order valence-corrected chi connectivity index (χ4v) is 3.87. The van der Waals surface area contributed by atoms with Gasteiger partial charge in [-0.1, -0.05) is 36.4 Å². The second-order valence-corrected chi connectivity index (χ2v) is 7.37. The molecule has 2 aromatic carbocycles. The van der Waals surface area contributed by atoms with Crippen LogP contribution in [0.3, 0.4) is 0 Å². The van der Waals surface area contributed by atoms with Crippen LogP contribution in [0.2, 0.25) is 0 Å². The fraction of sp³-hybridized carbons (Fsp3) is 0.250. The molecule has 0 aliphatic carbocycles. The van der Waals surface area contributed by atoms with Gasteiger partial charge >= 0.3 is 0 Å². The summed E-state index contributed by atoms with van der Waals surface area (Å²) in [6, 6.07) is 18.4. The number of rotatable bonds is 5. The summed E-state index contributed by atoms with van der Waals surface area (Å²) >= 11 is 0. The highest BCUT2D eigenvalue weighted by atomic mass is 19.1. The third-order valence-corrected chi connectivity index (χ3v) is 5.34. The number of pyridine rings is 1. The minimum absolute atomic E-state index is 0.0143. The molecule has 1 amide bonds. The first-order chi connectivity index (χ1) is 14.1. The molecule has 1 unspecified atom stereocenters. The second kappa shape index (κ2) is 8.52. The van der Waals surface area contributed by atoms with Crippen molar-refractivity contribution in [2.45, 2.75) is 31.7 Å². The molecular formula is C24H22F2N2O. The van der Waals surface area contributed by atoms with Crippen LogP contribution >= 0.6 is 0 Å². The van der Waals surface area contributed by atoms with Gasteiger partial charge in [-0.2, -0.15) is 0 Å². The molecule has 1 aliphatic rings. The maximum Gasteiger partial charge on any atom is 0.227 e. The van der Waals surface area contributed by atoms with Crippen molar-refractivity contribution in [2.24, 2.45) is 0 Å². The minimum Gasteiger partial charge on any atom is -0.334 e. The Morgan fingerprint density at radius 1 is 1.00 bits per heavy atom. The van der Waals surface area contributed by atoms with E-state index in [0.29, 0.717) is 18.5 Å². The molecule has 0 bridgehead atoms. The number of nitrogens with zero attached hydrogens (tertiary/aromatic N) is 2. The van der Waals surface area contributed by atoms with Gasteiger partial charge in [-0.05, 0) is 54.3 Å². The molecule has 29 heavy (non-hydrogen) atoms. The van der Waals surface area contributed by atoms with Crippen LogP contribution in [0.5, 0.6) is 0 Å². The lowest BCUT2D eigenvalue weighted by Crippen LogP contribution is -2.32. The van der Waals surface area contributed by atoms with E-state index in [2.05, 4.69) is 0 Å². The summed E-state index contributed by atoms with van der Waals surface area (Å²) in [7, 11) is 0. The van der Waals surface area contributed by atoms with Crippen molar-refractivity contribution < 1.29 is 13.6 Å². The maximum atomic E-state index is 14.0. The third kappa shape index (κ3) is 4.50. The molecule has 5 heteroatoms. The summed E-state index contributed by atoms with van der Waals surface area (Å²) < 4.78 is 27.1. The van der Waals surface area contributed by atoms with Gasteiger partial charge in [0.05, 0.1) is 18.2 Å². The van der Waals surface area contributed by atoms with Crippen LogP contribution in [-0.2, 0) is 17.6 Å². The Labute approximate surface area is 169 Å². The zero-order valence-corrected chi connectivity index (χ0v) is 16.0.